The molecule has 4 heteroatoms. The molecule has 3 rings (SSSR count). The van der Waals surface area contributed by atoms with Gasteiger partial charge in [-0.15, -0.1) is 0 Å². The fraction of sp³-hybridized carbons (Fsp3) is 0.118. The number of benzene rings is 2. The largest absolute Gasteiger partial charge is 0.352 e. The summed E-state index contributed by atoms with van der Waals surface area (Å²) in [6, 6.07) is 12.2. The molecule has 0 aliphatic heterocycles. The lowest BCUT2D eigenvalue weighted by Gasteiger charge is -2.00. The van der Waals surface area contributed by atoms with Gasteiger partial charge >= 0.3 is 0 Å². The Morgan fingerprint density at radius 3 is 2.62 bits per heavy atom. The summed E-state index contributed by atoms with van der Waals surface area (Å²) in [5.41, 5.74) is 1.96. The predicted octanol–water partition coefficient (Wildman–Crippen LogP) is 4.26. The first-order valence-corrected chi connectivity index (χ1v) is 6.68. The van der Waals surface area contributed by atoms with Crippen LogP contribution in [0.15, 0.2) is 48.5 Å². The van der Waals surface area contributed by atoms with Crippen molar-refractivity contribution in [2.75, 3.05) is 0 Å². The zero-order chi connectivity index (χ0) is 14.8. The van der Waals surface area contributed by atoms with E-state index in [1.807, 2.05) is 0 Å². The lowest BCUT2D eigenvalue weighted by atomic mass is 10.1. The van der Waals surface area contributed by atoms with E-state index in [1.54, 1.807) is 24.3 Å². The van der Waals surface area contributed by atoms with Gasteiger partial charge < -0.3 is 4.98 Å². The van der Waals surface area contributed by atoms with Crippen LogP contribution in [0, 0.1) is 11.6 Å². The highest BCUT2D eigenvalue weighted by Crippen LogP contribution is 2.18. The Morgan fingerprint density at radius 1 is 1.00 bits per heavy atom. The van der Waals surface area contributed by atoms with E-state index >= 15 is 0 Å². The van der Waals surface area contributed by atoms with Gasteiger partial charge in [0, 0.05) is 17.3 Å². The number of fused-ring (bicyclic) bond motifs is 1. The van der Waals surface area contributed by atoms with Gasteiger partial charge in [-0.25, -0.2) is 8.78 Å². The number of nitrogens with one attached hydrogen (secondary N) is 1. The third-order valence-electron chi connectivity index (χ3n) is 3.41. The van der Waals surface area contributed by atoms with Crippen molar-refractivity contribution < 1.29 is 13.6 Å². The molecule has 0 aliphatic carbocycles. The number of aromatic amines is 1. The topological polar surface area (TPSA) is 32.9 Å². The van der Waals surface area contributed by atoms with Gasteiger partial charge in [-0.2, -0.15) is 0 Å². The monoisotopic (exact) mass is 285 g/mol. The maximum atomic E-state index is 13.1. The summed E-state index contributed by atoms with van der Waals surface area (Å²) in [7, 11) is 0. The van der Waals surface area contributed by atoms with E-state index in [4.69, 9.17) is 0 Å². The number of H-pyrrole nitrogens is 1. The number of hydrogen-bond acceptors (Lipinski definition) is 1. The second kappa shape index (κ2) is 5.48. The number of hydrogen-bond donors (Lipinski definition) is 1. The standard InChI is InChI=1S/C17H13F2NO/c18-13-3-1-2-11(8-13)4-7-17(21)16-10-12-9-14(19)5-6-15(12)20-16/h1-3,5-6,8-10,20H,4,7H2. The third-order valence-corrected chi connectivity index (χ3v) is 3.41. The normalized spacial score (nSPS) is 11.0. The molecule has 1 N–H and O–H groups in total. The molecule has 0 radical (unpaired) electrons. The fourth-order valence-corrected chi connectivity index (χ4v) is 2.34. The molecule has 0 aliphatic rings. The fourth-order valence-electron chi connectivity index (χ4n) is 2.34. The summed E-state index contributed by atoms with van der Waals surface area (Å²) in [4.78, 5) is 15.1. The van der Waals surface area contributed by atoms with E-state index in [1.165, 1.54) is 24.3 Å². The molecule has 0 bridgehead atoms. The summed E-state index contributed by atoms with van der Waals surface area (Å²) >= 11 is 0. The van der Waals surface area contributed by atoms with Crippen molar-refractivity contribution in [1.82, 2.24) is 4.98 Å². The van der Waals surface area contributed by atoms with Gasteiger partial charge in [0.2, 0.25) is 0 Å². The van der Waals surface area contributed by atoms with Crippen molar-refractivity contribution in [1.29, 1.82) is 0 Å². The van der Waals surface area contributed by atoms with Crippen LogP contribution in [0.25, 0.3) is 10.9 Å². The first-order valence-electron chi connectivity index (χ1n) is 6.68. The van der Waals surface area contributed by atoms with Gasteiger partial charge in [0.1, 0.15) is 11.6 Å². The molecule has 2 aromatic carbocycles. The second-order valence-electron chi connectivity index (χ2n) is 4.97. The SMILES string of the molecule is O=C(CCc1cccc(F)c1)c1cc2cc(F)ccc2[nH]1. The van der Waals surface area contributed by atoms with Gasteiger partial charge in [0.05, 0.1) is 5.69 Å². The average molecular weight is 285 g/mol. The number of carbonyl (C=O) groups is 1. The molecule has 1 heterocycles. The van der Waals surface area contributed by atoms with Crippen molar-refractivity contribution in [3.05, 3.63) is 71.4 Å². The molecule has 106 valence electrons. The van der Waals surface area contributed by atoms with Crippen molar-refractivity contribution in [3.8, 4) is 0 Å². The molecule has 0 atom stereocenters. The zero-order valence-electron chi connectivity index (χ0n) is 11.2. The Hall–Kier alpha value is -2.49. The minimum absolute atomic E-state index is 0.0733. The number of rotatable bonds is 4. The number of ketones is 1. The van der Waals surface area contributed by atoms with Crippen molar-refractivity contribution >= 4 is 16.7 Å². The predicted molar refractivity (Wildman–Crippen MR) is 77.3 cm³/mol. The molecule has 0 unspecified atom stereocenters. The third kappa shape index (κ3) is 2.99. The second-order valence-corrected chi connectivity index (χ2v) is 4.97. The van der Waals surface area contributed by atoms with Crippen LogP contribution >= 0.6 is 0 Å². The molecular formula is C17H13F2NO. The highest BCUT2D eigenvalue weighted by atomic mass is 19.1. The average Bonchev–Trinajstić information content (AvgIpc) is 2.88. The van der Waals surface area contributed by atoms with E-state index in [9.17, 15) is 13.6 Å². The number of halogens is 2. The quantitative estimate of drug-likeness (QED) is 0.714. The van der Waals surface area contributed by atoms with E-state index in [2.05, 4.69) is 4.98 Å². The first-order chi connectivity index (χ1) is 10.1. The minimum atomic E-state index is -0.333. The molecule has 0 fully saturated rings. The van der Waals surface area contributed by atoms with Crippen LogP contribution in [0.1, 0.15) is 22.5 Å². The highest BCUT2D eigenvalue weighted by Gasteiger charge is 2.10. The first kappa shape index (κ1) is 13.5. The zero-order valence-corrected chi connectivity index (χ0v) is 11.2. The van der Waals surface area contributed by atoms with E-state index in [-0.39, 0.29) is 23.8 Å². The van der Waals surface area contributed by atoms with Crippen LogP contribution in [0.3, 0.4) is 0 Å². The molecule has 0 amide bonds. The molecule has 3 aromatic rings. The molecule has 1 aromatic heterocycles. The molecule has 21 heavy (non-hydrogen) atoms. The summed E-state index contributed by atoms with van der Waals surface area (Å²) in [5.74, 6) is -0.711. The van der Waals surface area contributed by atoms with Crippen molar-refractivity contribution in [2.24, 2.45) is 0 Å². The summed E-state index contributed by atoms with van der Waals surface area (Å²) < 4.78 is 26.2. The summed E-state index contributed by atoms with van der Waals surface area (Å²) in [6.45, 7) is 0. The van der Waals surface area contributed by atoms with Crippen LogP contribution in [0.4, 0.5) is 8.78 Å². The number of Topliss-reactive ketones (excluding diaryl/α,β-unsaturated/α-hetero) is 1. The molecular weight excluding hydrogens is 272 g/mol. The van der Waals surface area contributed by atoms with Crippen LogP contribution in [-0.2, 0) is 6.42 Å². The van der Waals surface area contributed by atoms with Crippen LogP contribution in [-0.4, -0.2) is 10.8 Å². The molecule has 0 saturated heterocycles. The van der Waals surface area contributed by atoms with Crippen LogP contribution in [0.2, 0.25) is 0 Å². The number of aryl methyl sites for hydroxylation is 1. The van der Waals surface area contributed by atoms with Crippen LogP contribution < -0.4 is 0 Å². The van der Waals surface area contributed by atoms with E-state index in [0.29, 0.717) is 17.5 Å². The maximum Gasteiger partial charge on any atom is 0.179 e. The Labute approximate surface area is 120 Å². The van der Waals surface area contributed by atoms with E-state index < -0.39 is 0 Å². The maximum absolute atomic E-state index is 13.1. The van der Waals surface area contributed by atoms with Gasteiger partial charge in [-0.3, -0.25) is 4.79 Å². The molecule has 2 nitrogen and oxygen atoms in total. The van der Waals surface area contributed by atoms with Gasteiger partial charge in [0.25, 0.3) is 0 Å². The lowest BCUT2D eigenvalue weighted by Crippen LogP contribution is -2.01. The lowest BCUT2D eigenvalue weighted by molar-refractivity contribution is 0.0979. The molecule has 0 spiro atoms. The Morgan fingerprint density at radius 2 is 1.81 bits per heavy atom. The summed E-state index contributed by atoms with van der Waals surface area (Å²) in [5, 5.41) is 0.670. The van der Waals surface area contributed by atoms with Crippen molar-refractivity contribution in [2.45, 2.75) is 12.8 Å². The Bertz CT molecular complexity index is 807. The number of aromatic nitrogens is 1. The Kier molecular flexibility index (Phi) is 3.52. The minimum Gasteiger partial charge on any atom is -0.352 e. The van der Waals surface area contributed by atoms with E-state index in [0.717, 1.165) is 11.1 Å². The van der Waals surface area contributed by atoms with Gasteiger partial charge in [0.15, 0.2) is 5.78 Å². The highest BCUT2D eigenvalue weighted by molar-refractivity contribution is 5.99. The Balaban J connectivity index is 1.74. The number of carbonyl (C=O) groups excluding carboxylic acids is 1. The summed E-state index contributed by atoms with van der Waals surface area (Å²) in [6.07, 6.45) is 0.749. The smallest absolute Gasteiger partial charge is 0.179 e. The van der Waals surface area contributed by atoms with Crippen molar-refractivity contribution in [3.63, 3.8) is 0 Å². The molecule has 0 saturated carbocycles. The van der Waals surface area contributed by atoms with Gasteiger partial charge in [-0.1, -0.05) is 12.1 Å². The van der Waals surface area contributed by atoms with Gasteiger partial charge in [-0.05, 0) is 48.4 Å². The van der Waals surface area contributed by atoms with Crippen LogP contribution in [0.5, 0.6) is 0 Å².